The lowest BCUT2D eigenvalue weighted by Gasteiger charge is -2.29. The number of para-hydroxylation sites is 1. The molecule has 0 N–H and O–H groups in total. The van der Waals surface area contributed by atoms with Crippen molar-refractivity contribution in [2.75, 3.05) is 16.8 Å². The van der Waals surface area contributed by atoms with Crippen molar-refractivity contribution in [3.63, 3.8) is 0 Å². The molecule has 2 rings (SSSR count). The fourth-order valence-corrected chi connectivity index (χ4v) is 2.69. The first-order valence-electron chi connectivity index (χ1n) is 6.27. The van der Waals surface area contributed by atoms with Crippen LogP contribution in [0.15, 0.2) is 24.3 Å². The molecule has 3 heteroatoms. The van der Waals surface area contributed by atoms with E-state index in [1.165, 1.54) is 5.56 Å². The van der Waals surface area contributed by atoms with Gasteiger partial charge in [-0.05, 0) is 37.3 Å². The summed E-state index contributed by atoms with van der Waals surface area (Å²) < 4.78 is 0. The first-order chi connectivity index (χ1) is 8.33. The lowest BCUT2D eigenvalue weighted by molar-refractivity contribution is -0.118. The van der Waals surface area contributed by atoms with Crippen molar-refractivity contribution in [1.82, 2.24) is 0 Å². The van der Waals surface area contributed by atoms with Crippen molar-refractivity contribution < 1.29 is 4.79 Å². The fraction of sp³-hybridized carbons (Fsp3) is 0.500. The van der Waals surface area contributed by atoms with Crippen LogP contribution in [0.5, 0.6) is 0 Å². The van der Waals surface area contributed by atoms with E-state index in [0.29, 0.717) is 6.42 Å². The lowest BCUT2D eigenvalue weighted by atomic mass is 10.0. The summed E-state index contributed by atoms with van der Waals surface area (Å²) in [5.41, 5.74) is 2.44. The molecule has 1 aliphatic rings. The molecule has 0 aliphatic carbocycles. The summed E-state index contributed by atoms with van der Waals surface area (Å²) in [7, 11) is 0. The van der Waals surface area contributed by atoms with Crippen molar-refractivity contribution >= 4 is 27.5 Å². The van der Waals surface area contributed by atoms with E-state index in [1.54, 1.807) is 0 Å². The first-order valence-corrected chi connectivity index (χ1v) is 7.39. The molecule has 1 heterocycles. The Labute approximate surface area is 111 Å². The predicted octanol–water partition coefficient (Wildman–Crippen LogP) is 3.53. The van der Waals surface area contributed by atoms with E-state index in [4.69, 9.17) is 0 Å². The molecule has 92 valence electrons. The molecule has 2 nitrogen and oxygen atoms in total. The second-order valence-electron chi connectivity index (χ2n) is 4.42. The SMILES string of the molecule is O=C(CCCCBr)N1CCCc2ccccc21. The van der Waals surface area contributed by atoms with Crippen LogP contribution in [0.3, 0.4) is 0 Å². The average Bonchev–Trinajstić information content (AvgIpc) is 2.38. The molecule has 0 fully saturated rings. The molecule has 1 amide bonds. The topological polar surface area (TPSA) is 20.3 Å². The quantitative estimate of drug-likeness (QED) is 0.615. The van der Waals surface area contributed by atoms with Gasteiger partial charge in [-0.1, -0.05) is 34.1 Å². The van der Waals surface area contributed by atoms with Crippen LogP contribution in [-0.2, 0) is 11.2 Å². The lowest BCUT2D eigenvalue weighted by Crippen LogP contribution is -2.35. The van der Waals surface area contributed by atoms with E-state index in [9.17, 15) is 4.79 Å². The maximum absolute atomic E-state index is 12.1. The van der Waals surface area contributed by atoms with Crippen LogP contribution >= 0.6 is 15.9 Å². The molecule has 17 heavy (non-hydrogen) atoms. The highest BCUT2D eigenvalue weighted by molar-refractivity contribution is 9.09. The maximum atomic E-state index is 12.1. The maximum Gasteiger partial charge on any atom is 0.226 e. The molecular weight excluding hydrogens is 278 g/mol. The van der Waals surface area contributed by atoms with Crippen molar-refractivity contribution in [2.24, 2.45) is 0 Å². The Kier molecular flexibility index (Phi) is 4.60. The summed E-state index contributed by atoms with van der Waals surface area (Å²) >= 11 is 3.40. The van der Waals surface area contributed by atoms with Crippen molar-refractivity contribution in [1.29, 1.82) is 0 Å². The number of unbranched alkanes of at least 4 members (excludes halogenated alkanes) is 1. The van der Waals surface area contributed by atoms with Gasteiger partial charge in [0.25, 0.3) is 0 Å². The number of carbonyl (C=O) groups is 1. The number of hydrogen-bond donors (Lipinski definition) is 0. The standard InChI is InChI=1S/C14H18BrNO/c15-10-4-3-9-14(17)16-11-5-7-12-6-1-2-8-13(12)16/h1-2,6,8H,3-5,7,9-11H2. The zero-order valence-electron chi connectivity index (χ0n) is 9.99. The number of hydrogen-bond acceptors (Lipinski definition) is 1. The van der Waals surface area contributed by atoms with Gasteiger partial charge in [0.2, 0.25) is 5.91 Å². The van der Waals surface area contributed by atoms with Crippen LogP contribution in [0.2, 0.25) is 0 Å². The van der Waals surface area contributed by atoms with Crippen LogP contribution in [0, 0.1) is 0 Å². The Morgan fingerprint density at radius 2 is 2.12 bits per heavy atom. The number of anilines is 1. The molecule has 0 spiro atoms. The number of rotatable bonds is 4. The number of alkyl halides is 1. The Morgan fingerprint density at radius 3 is 2.94 bits per heavy atom. The van der Waals surface area contributed by atoms with E-state index < -0.39 is 0 Å². The Bertz CT molecular complexity index is 392. The summed E-state index contributed by atoms with van der Waals surface area (Å²) in [6, 6.07) is 8.27. The van der Waals surface area contributed by atoms with Gasteiger partial charge in [0.05, 0.1) is 0 Å². The highest BCUT2D eigenvalue weighted by Crippen LogP contribution is 2.27. The summed E-state index contributed by atoms with van der Waals surface area (Å²) in [4.78, 5) is 14.1. The number of fused-ring (bicyclic) bond motifs is 1. The average molecular weight is 296 g/mol. The second-order valence-corrected chi connectivity index (χ2v) is 5.22. The van der Waals surface area contributed by atoms with Gasteiger partial charge in [0.1, 0.15) is 0 Å². The molecule has 0 atom stereocenters. The minimum atomic E-state index is 0.276. The van der Waals surface area contributed by atoms with Crippen molar-refractivity contribution in [3.8, 4) is 0 Å². The molecule has 0 unspecified atom stereocenters. The van der Waals surface area contributed by atoms with Gasteiger partial charge < -0.3 is 4.90 Å². The number of halogens is 1. The summed E-state index contributed by atoms with van der Waals surface area (Å²) in [6.45, 7) is 0.879. The third-order valence-corrected chi connectivity index (χ3v) is 3.75. The van der Waals surface area contributed by atoms with Gasteiger partial charge in [-0.3, -0.25) is 4.79 Å². The Balaban J connectivity index is 2.05. The fourth-order valence-electron chi connectivity index (χ4n) is 2.30. The zero-order chi connectivity index (χ0) is 12.1. The van der Waals surface area contributed by atoms with Gasteiger partial charge in [-0.2, -0.15) is 0 Å². The van der Waals surface area contributed by atoms with Gasteiger partial charge in [-0.15, -0.1) is 0 Å². The molecule has 0 bridgehead atoms. The van der Waals surface area contributed by atoms with Crippen LogP contribution in [0.1, 0.15) is 31.2 Å². The number of benzene rings is 1. The smallest absolute Gasteiger partial charge is 0.226 e. The number of amides is 1. The van der Waals surface area contributed by atoms with Gasteiger partial charge in [-0.25, -0.2) is 0 Å². The molecule has 0 saturated carbocycles. The first kappa shape index (κ1) is 12.6. The number of aryl methyl sites for hydroxylation is 1. The third-order valence-electron chi connectivity index (χ3n) is 3.19. The Hall–Kier alpha value is -0.830. The molecule has 1 aromatic rings. The second kappa shape index (κ2) is 6.20. The number of carbonyl (C=O) groups excluding carboxylic acids is 1. The van der Waals surface area contributed by atoms with Crippen LogP contribution in [-0.4, -0.2) is 17.8 Å². The third kappa shape index (κ3) is 3.09. The molecular formula is C14H18BrNO. The van der Waals surface area contributed by atoms with E-state index in [1.807, 2.05) is 11.0 Å². The summed E-state index contributed by atoms with van der Waals surface area (Å²) in [5, 5.41) is 0.983. The normalized spacial score (nSPS) is 14.5. The molecule has 1 aliphatic heterocycles. The van der Waals surface area contributed by atoms with Crippen molar-refractivity contribution in [3.05, 3.63) is 29.8 Å². The van der Waals surface area contributed by atoms with E-state index >= 15 is 0 Å². The summed E-state index contributed by atoms with van der Waals surface area (Å²) in [6.07, 6.45) is 4.90. The van der Waals surface area contributed by atoms with Crippen LogP contribution in [0.25, 0.3) is 0 Å². The van der Waals surface area contributed by atoms with E-state index in [-0.39, 0.29) is 5.91 Å². The highest BCUT2D eigenvalue weighted by Gasteiger charge is 2.21. The van der Waals surface area contributed by atoms with Gasteiger partial charge in [0, 0.05) is 24.0 Å². The predicted molar refractivity (Wildman–Crippen MR) is 74.8 cm³/mol. The van der Waals surface area contributed by atoms with E-state index in [2.05, 4.69) is 34.1 Å². The minimum absolute atomic E-state index is 0.276. The van der Waals surface area contributed by atoms with E-state index in [0.717, 1.165) is 43.2 Å². The monoisotopic (exact) mass is 295 g/mol. The van der Waals surface area contributed by atoms with Gasteiger partial charge in [0.15, 0.2) is 0 Å². The summed E-state index contributed by atoms with van der Waals surface area (Å²) in [5.74, 6) is 0.276. The van der Waals surface area contributed by atoms with Crippen LogP contribution < -0.4 is 4.90 Å². The number of nitrogens with zero attached hydrogens (tertiary/aromatic N) is 1. The molecule has 0 saturated heterocycles. The molecule has 0 radical (unpaired) electrons. The largest absolute Gasteiger partial charge is 0.312 e. The minimum Gasteiger partial charge on any atom is -0.312 e. The molecule has 0 aromatic heterocycles. The van der Waals surface area contributed by atoms with Crippen molar-refractivity contribution in [2.45, 2.75) is 32.1 Å². The van der Waals surface area contributed by atoms with Gasteiger partial charge >= 0.3 is 0 Å². The highest BCUT2D eigenvalue weighted by atomic mass is 79.9. The van der Waals surface area contributed by atoms with Crippen LogP contribution in [0.4, 0.5) is 5.69 Å². The zero-order valence-corrected chi connectivity index (χ0v) is 11.6. The Morgan fingerprint density at radius 1 is 1.29 bits per heavy atom. The molecule has 1 aromatic carbocycles.